The van der Waals surface area contributed by atoms with Crippen molar-refractivity contribution in [3.8, 4) is 5.75 Å². The van der Waals surface area contributed by atoms with E-state index in [1.54, 1.807) is 0 Å². The Balaban J connectivity index is 2.88. The molecule has 1 rings (SSSR count). The lowest BCUT2D eigenvalue weighted by Crippen LogP contribution is -1.95. The molecule has 2 N–H and O–H groups in total. The van der Waals surface area contributed by atoms with Gasteiger partial charge in [-0.2, -0.15) is 0 Å². The van der Waals surface area contributed by atoms with Gasteiger partial charge in [-0.15, -0.1) is 0 Å². The molecule has 84 valence electrons. The van der Waals surface area contributed by atoms with E-state index >= 15 is 0 Å². The molecule has 5 nitrogen and oxygen atoms in total. The van der Waals surface area contributed by atoms with Crippen LogP contribution in [0, 0.1) is 0 Å². The van der Waals surface area contributed by atoms with Crippen LogP contribution in [0.1, 0.15) is 0 Å². The third-order valence-electron chi connectivity index (χ3n) is 1.22. The highest BCUT2D eigenvalue weighted by molar-refractivity contribution is 7.46. The average molecular weight is 293 g/mol. The minimum Gasteiger partial charge on any atom is -0.326 e. The van der Waals surface area contributed by atoms with Gasteiger partial charge in [0.05, 0.1) is 10.0 Å². The third-order valence-corrected chi connectivity index (χ3v) is 2.77. The van der Waals surface area contributed by atoms with Crippen LogP contribution in [0.15, 0.2) is 12.1 Å². The molecule has 0 radical (unpaired) electrons. The molecule has 15 heavy (non-hydrogen) atoms. The van der Waals surface area contributed by atoms with Crippen molar-refractivity contribution in [1.29, 1.82) is 0 Å². The maximum atomic E-state index is 10.3. The maximum absolute atomic E-state index is 10.3. The second-order valence-electron chi connectivity index (χ2n) is 2.32. The van der Waals surface area contributed by atoms with Crippen LogP contribution in [0.25, 0.3) is 0 Å². The number of benzene rings is 1. The molecule has 0 aromatic heterocycles. The van der Waals surface area contributed by atoms with Gasteiger partial charge in [0.25, 0.3) is 0 Å². The molecule has 0 saturated carbocycles. The summed E-state index contributed by atoms with van der Waals surface area (Å²) in [5.74, 6) is -0.144. The second kappa shape index (κ2) is 4.89. The lowest BCUT2D eigenvalue weighted by atomic mass is 10.3. The number of rotatable bonds is 3. The minimum absolute atomic E-state index is 0.00476. The zero-order valence-corrected chi connectivity index (χ0v) is 10.0. The quantitative estimate of drug-likeness (QED) is 0.388. The van der Waals surface area contributed by atoms with Crippen LogP contribution in [-0.2, 0) is 9.24 Å². The number of phosphoric acid groups is 1. The molecule has 0 amide bonds. The normalized spacial score (nSPS) is 11.5. The predicted octanol–water partition coefficient (Wildman–Crippen LogP) is 3.05. The standard InChI is InChI=1S/C6H4Cl3O5P/c7-3-1-2-4(6(9)5(3)8)13-14-15(10,11)12/h1-2H,(H2,10,11,12). The van der Waals surface area contributed by atoms with E-state index in [1.807, 2.05) is 0 Å². The summed E-state index contributed by atoms with van der Waals surface area (Å²) in [7, 11) is -4.73. The van der Waals surface area contributed by atoms with Crippen molar-refractivity contribution in [1.82, 2.24) is 0 Å². The second-order valence-corrected chi connectivity index (χ2v) is 4.62. The SMILES string of the molecule is O=P(O)(O)OOc1ccc(Cl)c(Cl)c1Cl. The third kappa shape index (κ3) is 3.81. The van der Waals surface area contributed by atoms with Crippen LogP contribution >= 0.6 is 42.6 Å². The van der Waals surface area contributed by atoms with E-state index in [0.29, 0.717) is 0 Å². The van der Waals surface area contributed by atoms with Gasteiger partial charge in [0.1, 0.15) is 5.02 Å². The summed E-state index contributed by atoms with van der Waals surface area (Å²) in [5, 5.41) is 0.0907. The van der Waals surface area contributed by atoms with Crippen LogP contribution in [-0.4, -0.2) is 9.79 Å². The topological polar surface area (TPSA) is 76.0 Å². The molecule has 0 unspecified atom stereocenters. The maximum Gasteiger partial charge on any atom is 0.505 e. The highest BCUT2D eigenvalue weighted by atomic mass is 35.5. The van der Waals surface area contributed by atoms with Gasteiger partial charge in [0, 0.05) is 0 Å². The van der Waals surface area contributed by atoms with Gasteiger partial charge >= 0.3 is 7.82 Å². The Kier molecular flexibility index (Phi) is 4.26. The van der Waals surface area contributed by atoms with Crippen molar-refractivity contribution in [3.05, 3.63) is 27.2 Å². The van der Waals surface area contributed by atoms with E-state index in [1.165, 1.54) is 12.1 Å². The van der Waals surface area contributed by atoms with Crippen LogP contribution in [0.2, 0.25) is 15.1 Å². The number of halogens is 3. The van der Waals surface area contributed by atoms with E-state index in [0.717, 1.165) is 0 Å². The first kappa shape index (κ1) is 13.1. The summed E-state index contributed by atoms with van der Waals surface area (Å²) in [5.41, 5.74) is 0. The Morgan fingerprint density at radius 2 is 1.73 bits per heavy atom. The van der Waals surface area contributed by atoms with E-state index in [9.17, 15) is 4.57 Å². The van der Waals surface area contributed by atoms with E-state index in [2.05, 4.69) is 9.56 Å². The summed E-state index contributed by atoms with van der Waals surface area (Å²) in [6.07, 6.45) is 0. The van der Waals surface area contributed by atoms with Crippen molar-refractivity contribution >= 4 is 42.6 Å². The highest BCUT2D eigenvalue weighted by Gasteiger charge is 2.18. The van der Waals surface area contributed by atoms with Crippen molar-refractivity contribution in [3.63, 3.8) is 0 Å². The Bertz CT molecular complexity index is 417. The molecule has 1 aromatic rings. The molecular formula is C6H4Cl3O5P. The Hall–Kier alpha value is -0.000000000000000167. The predicted molar refractivity (Wildman–Crippen MR) is 55.2 cm³/mol. The average Bonchev–Trinajstić information content (AvgIpc) is 2.12. The molecule has 0 aliphatic heterocycles. The van der Waals surface area contributed by atoms with Crippen LogP contribution < -0.4 is 4.89 Å². The molecule has 0 saturated heterocycles. The van der Waals surface area contributed by atoms with Gasteiger partial charge in [-0.25, -0.2) is 4.57 Å². The zero-order valence-electron chi connectivity index (χ0n) is 6.85. The van der Waals surface area contributed by atoms with Crippen LogP contribution in [0.5, 0.6) is 5.75 Å². The molecular weight excluding hydrogens is 289 g/mol. The largest absolute Gasteiger partial charge is 0.505 e. The van der Waals surface area contributed by atoms with Crippen molar-refractivity contribution in [2.45, 2.75) is 0 Å². The first-order valence-corrected chi connectivity index (χ1v) is 6.03. The molecule has 0 heterocycles. The van der Waals surface area contributed by atoms with Gasteiger partial charge in [0.15, 0.2) is 5.75 Å². The Morgan fingerprint density at radius 3 is 2.27 bits per heavy atom. The molecule has 0 aliphatic carbocycles. The Labute approximate surface area is 99.6 Å². The van der Waals surface area contributed by atoms with Crippen LogP contribution in [0.4, 0.5) is 0 Å². The number of hydrogen-bond donors (Lipinski definition) is 2. The minimum atomic E-state index is -4.73. The van der Waals surface area contributed by atoms with Crippen molar-refractivity contribution < 1.29 is 23.9 Å². The summed E-state index contributed by atoms with van der Waals surface area (Å²) in [6, 6.07) is 2.60. The van der Waals surface area contributed by atoms with E-state index in [-0.39, 0.29) is 20.8 Å². The summed E-state index contributed by atoms with van der Waals surface area (Å²) >= 11 is 16.9. The van der Waals surface area contributed by atoms with Gasteiger partial charge in [0.2, 0.25) is 0 Å². The van der Waals surface area contributed by atoms with E-state index in [4.69, 9.17) is 44.6 Å². The lowest BCUT2D eigenvalue weighted by molar-refractivity contribution is -0.122. The number of hydrogen-bond acceptors (Lipinski definition) is 3. The van der Waals surface area contributed by atoms with Gasteiger partial charge in [-0.3, -0.25) is 0 Å². The smallest absolute Gasteiger partial charge is 0.326 e. The first-order valence-electron chi connectivity index (χ1n) is 3.36. The molecule has 0 spiro atoms. The summed E-state index contributed by atoms with van der Waals surface area (Å²) in [6.45, 7) is 0. The molecule has 0 bridgehead atoms. The summed E-state index contributed by atoms with van der Waals surface area (Å²) < 4.78 is 14.1. The monoisotopic (exact) mass is 292 g/mol. The van der Waals surface area contributed by atoms with E-state index < -0.39 is 7.82 Å². The van der Waals surface area contributed by atoms with Gasteiger partial charge < -0.3 is 14.7 Å². The first-order chi connectivity index (χ1) is 6.81. The molecule has 0 fully saturated rings. The van der Waals surface area contributed by atoms with Crippen molar-refractivity contribution in [2.75, 3.05) is 0 Å². The lowest BCUT2D eigenvalue weighted by Gasteiger charge is -2.08. The Morgan fingerprint density at radius 1 is 1.13 bits per heavy atom. The fourth-order valence-corrected chi connectivity index (χ4v) is 1.40. The molecule has 9 heteroatoms. The van der Waals surface area contributed by atoms with Gasteiger partial charge in [-0.05, 0) is 12.1 Å². The zero-order chi connectivity index (χ0) is 11.6. The molecule has 1 aromatic carbocycles. The van der Waals surface area contributed by atoms with Gasteiger partial charge in [-0.1, -0.05) is 39.5 Å². The summed E-state index contributed by atoms with van der Waals surface area (Å²) in [4.78, 5) is 21.0. The molecule has 0 aliphatic rings. The van der Waals surface area contributed by atoms with Crippen molar-refractivity contribution in [2.24, 2.45) is 0 Å². The van der Waals surface area contributed by atoms with Crippen LogP contribution in [0.3, 0.4) is 0 Å². The fraction of sp³-hybridized carbons (Fsp3) is 0. The fourth-order valence-electron chi connectivity index (χ4n) is 0.661. The highest BCUT2D eigenvalue weighted by Crippen LogP contribution is 2.41. The molecule has 0 atom stereocenters.